The zero-order valence-electron chi connectivity index (χ0n) is 9.56. The van der Waals surface area contributed by atoms with E-state index < -0.39 is 10.0 Å². The second-order valence-corrected chi connectivity index (χ2v) is 7.17. The number of nitrogens with one attached hydrogen (secondary N) is 1. The van der Waals surface area contributed by atoms with Crippen molar-refractivity contribution in [3.05, 3.63) is 17.0 Å². The van der Waals surface area contributed by atoms with Crippen LogP contribution in [0.5, 0.6) is 0 Å². The molecule has 4 nitrogen and oxygen atoms in total. The molecule has 0 amide bonds. The maximum absolute atomic E-state index is 11.8. The van der Waals surface area contributed by atoms with Gasteiger partial charge in [0.1, 0.15) is 4.21 Å². The Morgan fingerprint density at radius 2 is 2.12 bits per heavy atom. The number of rotatable bonds is 6. The molecule has 0 unspecified atom stereocenters. The molecule has 0 aliphatic heterocycles. The maximum Gasteiger partial charge on any atom is 0.250 e. The van der Waals surface area contributed by atoms with Crippen molar-refractivity contribution in [2.45, 2.75) is 24.5 Å². The molecule has 6 heteroatoms. The summed E-state index contributed by atoms with van der Waals surface area (Å²) in [5.41, 5.74) is 5.42. The van der Waals surface area contributed by atoms with Crippen molar-refractivity contribution in [1.29, 1.82) is 0 Å². The molecule has 1 aromatic rings. The van der Waals surface area contributed by atoms with Crippen LogP contribution in [0.3, 0.4) is 0 Å². The maximum atomic E-state index is 11.8. The molecule has 3 N–H and O–H groups in total. The van der Waals surface area contributed by atoms with Crippen molar-refractivity contribution < 1.29 is 8.42 Å². The zero-order chi connectivity index (χ0) is 12.2. The zero-order valence-corrected chi connectivity index (χ0v) is 11.2. The minimum Gasteiger partial charge on any atom is -0.330 e. The Labute approximate surface area is 101 Å². The van der Waals surface area contributed by atoms with Gasteiger partial charge in [-0.05, 0) is 31.0 Å². The molecular formula is C10H18N2O2S2. The molecular weight excluding hydrogens is 244 g/mol. The predicted octanol–water partition coefficient (Wildman–Crippen LogP) is 1.18. The van der Waals surface area contributed by atoms with E-state index in [4.69, 9.17) is 5.73 Å². The van der Waals surface area contributed by atoms with E-state index in [1.165, 1.54) is 11.3 Å². The van der Waals surface area contributed by atoms with E-state index in [0.29, 0.717) is 23.2 Å². The molecule has 0 aromatic carbocycles. The van der Waals surface area contributed by atoms with Gasteiger partial charge in [-0.25, -0.2) is 13.1 Å². The highest BCUT2D eigenvalue weighted by atomic mass is 32.2. The Morgan fingerprint density at radius 1 is 1.44 bits per heavy atom. The van der Waals surface area contributed by atoms with Crippen LogP contribution in [0.25, 0.3) is 0 Å². The molecule has 92 valence electrons. The molecule has 0 aliphatic carbocycles. The average Bonchev–Trinajstić information content (AvgIpc) is 2.65. The minimum absolute atomic E-state index is 0.304. The lowest BCUT2D eigenvalue weighted by Crippen LogP contribution is -2.26. The molecule has 0 bridgehead atoms. The highest BCUT2D eigenvalue weighted by Crippen LogP contribution is 2.21. The topological polar surface area (TPSA) is 72.2 Å². The quantitative estimate of drug-likeness (QED) is 0.808. The van der Waals surface area contributed by atoms with Crippen molar-refractivity contribution in [2.24, 2.45) is 11.7 Å². The predicted molar refractivity (Wildman–Crippen MR) is 67.1 cm³/mol. The van der Waals surface area contributed by atoms with Gasteiger partial charge in [0.15, 0.2) is 0 Å². The Balaban J connectivity index is 2.74. The second-order valence-electron chi connectivity index (χ2n) is 4.01. The third kappa shape index (κ3) is 3.86. The van der Waals surface area contributed by atoms with E-state index in [1.54, 1.807) is 6.07 Å². The van der Waals surface area contributed by atoms with Crippen molar-refractivity contribution in [3.8, 4) is 0 Å². The van der Waals surface area contributed by atoms with Gasteiger partial charge in [0, 0.05) is 11.4 Å². The number of nitrogens with two attached hydrogens (primary N) is 1. The van der Waals surface area contributed by atoms with Crippen LogP contribution in [-0.4, -0.2) is 21.5 Å². The van der Waals surface area contributed by atoms with Crippen LogP contribution in [0, 0.1) is 5.92 Å². The fraction of sp³-hybridized carbons (Fsp3) is 0.600. The standard InChI is InChI=1S/C10H18N2O2S2/c1-8(2)7-12-16(13,14)10-4-3-9(15-10)5-6-11/h3-4,8,12H,5-7,11H2,1-2H3. The van der Waals surface area contributed by atoms with Gasteiger partial charge in [-0.2, -0.15) is 0 Å². The van der Waals surface area contributed by atoms with E-state index in [9.17, 15) is 8.42 Å². The van der Waals surface area contributed by atoms with Crippen LogP contribution >= 0.6 is 11.3 Å². The van der Waals surface area contributed by atoms with Gasteiger partial charge in [0.05, 0.1) is 0 Å². The fourth-order valence-corrected chi connectivity index (χ4v) is 3.76. The SMILES string of the molecule is CC(C)CNS(=O)(=O)c1ccc(CCN)s1. The first kappa shape index (κ1) is 13.6. The lowest BCUT2D eigenvalue weighted by Gasteiger charge is -2.06. The van der Waals surface area contributed by atoms with Crippen LogP contribution in [0.4, 0.5) is 0 Å². The lowest BCUT2D eigenvalue weighted by atomic mass is 10.2. The highest BCUT2D eigenvalue weighted by Gasteiger charge is 2.16. The normalized spacial score (nSPS) is 12.2. The van der Waals surface area contributed by atoms with Crippen LogP contribution in [0.1, 0.15) is 18.7 Å². The van der Waals surface area contributed by atoms with Crippen molar-refractivity contribution in [3.63, 3.8) is 0 Å². The monoisotopic (exact) mass is 262 g/mol. The van der Waals surface area contributed by atoms with Crippen LogP contribution in [0.2, 0.25) is 0 Å². The summed E-state index contributed by atoms with van der Waals surface area (Å²) in [5, 5.41) is 0. The molecule has 0 saturated heterocycles. The first-order valence-electron chi connectivity index (χ1n) is 5.24. The summed E-state index contributed by atoms with van der Waals surface area (Å²) in [6.07, 6.45) is 0.727. The van der Waals surface area contributed by atoms with Crippen LogP contribution in [0.15, 0.2) is 16.3 Å². The molecule has 1 aromatic heterocycles. The third-order valence-electron chi connectivity index (χ3n) is 1.97. The summed E-state index contributed by atoms with van der Waals surface area (Å²) in [6, 6.07) is 3.46. The lowest BCUT2D eigenvalue weighted by molar-refractivity contribution is 0.562. The van der Waals surface area contributed by atoms with Crippen molar-refractivity contribution in [2.75, 3.05) is 13.1 Å². The Hall–Kier alpha value is -0.430. The molecule has 0 atom stereocenters. The number of sulfonamides is 1. The van der Waals surface area contributed by atoms with E-state index in [0.717, 1.165) is 11.3 Å². The van der Waals surface area contributed by atoms with Gasteiger partial charge in [-0.15, -0.1) is 11.3 Å². The summed E-state index contributed by atoms with van der Waals surface area (Å²) < 4.78 is 26.6. The molecule has 0 radical (unpaired) electrons. The van der Waals surface area contributed by atoms with E-state index in [-0.39, 0.29) is 0 Å². The van der Waals surface area contributed by atoms with Gasteiger partial charge >= 0.3 is 0 Å². The van der Waals surface area contributed by atoms with E-state index in [1.807, 2.05) is 19.9 Å². The van der Waals surface area contributed by atoms with Crippen LogP contribution < -0.4 is 10.5 Å². The summed E-state index contributed by atoms with van der Waals surface area (Å²) in [7, 11) is -3.33. The smallest absolute Gasteiger partial charge is 0.250 e. The van der Waals surface area contributed by atoms with E-state index in [2.05, 4.69) is 4.72 Å². The Morgan fingerprint density at radius 3 is 2.69 bits per heavy atom. The fourth-order valence-electron chi connectivity index (χ4n) is 1.13. The summed E-state index contributed by atoms with van der Waals surface area (Å²) >= 11 is 1.29. The van der Waals surface area contributed by atoms with Crippen molar-refractivity contribution >= 4 is 21.4 Å². The summed E-state index contributed by atoms with van der Waals surface area (Å²) in [4.78, 5) is 1.01. The first-order chi connectivity index (χ1) is 7.45. The molecule has 0 spiro atoms. The third-order valence-corrected chi connectivity index (χ3v) is 5.03. The molecule has 1 rings (SSSR count). The van der Waals surface area contributed by atoms with Gasteiger partial charge in [-0.3, -0.25) is 0 Å². The molecule has 0 fully saturated rings. The van der Waals surface area contributed by atoms with Gasteiger partial charge < -0.3 is 5.73 Å². The van der Waals surface area contributed by atoms with Gasteiger partial charge in [-0.1, -0.05) is 13.8 Å². The summed E-state index contributed by atoms with van der Waals surface area (Å²) in [5.74, 6) is 0.304. The minimum atomic E-state index is -3.33. The van der Waals surface area contributed by atoms with Crippen LogP contribution in [-0.2, 0) is 16.4 Å². The molecule has 0 aliphatic rings. The van der Waals surface area contributed by atoms with Crippen molar-refractivity contribution in [1.82, 2.24) is 4.72 Å². The average molecular weight is 262 g/mol. The number of thiophene rings is 1. The van der Waals surface area contributed by atoms with E-state index >= 15 is 0 Å². The number of hydrogen-bond acceptors (Lipinski definition) is 4. The highest BCUT2D eigenvalue weighted by molar-refractivity contribution is 7.91. The van der Waals surface area contributed by atoms with Gasteiger partial charge in [0.2, 0.25) is 10.0 Å². The molecule has 0 saturated carbocycles. The Bertz CT molecular complexity index is 424. The second kappa shape index (κ2) is 5.77. The Kier molecular flexibility index (Phi) is 4.91. The summed E-state index contributed by atoms with van der Waals surface area (Å²) in [6.45, 7) is 4.94. The molecule has 16 heavy (non-hydrogen) atoms. The molecule has 1 heterocycles. The largest absolute Gasteiger partial charge is 0.330 e. The van der Waals surface area contributed by atoms with Gasteiger partial charge in [0.25, 0.3) is 0 Å². The number of hydrogen-bond donors (Lipinski definition) is 2. The first-order valence-corrected chi connectivity index (χ1v) is 7.54.